The number of benzene rings is 2. The van der Waals surface area contributed by atoms with Crippen LogP contribution in [0.15, 0.2) is 60.0 Å². The Morgan fingerprint density at radius 3 is 1.79 bits per heavy atom. The summed E-state index contributed by atoms with van der Waals surface area (Å²) in [4.78, 5) is 11.2. The lowest BCUT2D eigenvalue weighted by Crippen LogP contribution is -2.04. The van der Waals surface area contributed by atoms with Crippen molar-refractivity contribution in [2.45, 2.75) is 12.3 Å². The van der Waals surface area contributed by atoms with Gasteiger partial charge in [-0.25, -0.2) is 4.79 Å². The van der Waals surface area contributed by atoms with E-state index in [1.807, 2.05) is 0 Å². The lowest BCUT2D eigenvalue weighted by atomic mass is 10.0. The van der Waals surface area contributed by atoms with Gasteiger partial charge < -0.3 is 14.9 Å². The minimum absolute atomic E-state index is 0.431. The summed E-state index contributed by atoms with van der Waals surface area (Å²) in [6, 6.07) is 11.1. The van der Waals surface area contributed by atoms with Crippen LogP contribution in [0.2, 0.25) is 0 Å². The van der Waals surface area contributed by atoms with Crippen molar-refractivity contribution in [1.82, 2.24) is 0 Å². The first-order valence-electron chi connectivity index (χ1n) is 6.88. The highest BCUT2D eigenvalue weighted by molar-refractivity contribution is 5.89. The van der Waals surface area contributed by atoms with Crippen LogP contribution >= 0.6 is 0 Å². The molecule has 0 bridgehead atoms. The summed E-state index contributed by atoms with van der Waals surface area (Å²) in [5.41, 5.74) is 0.942. The van der Waals surface area contributed by atoms with Crippen molar-refractivity contribution in [2.24, 2.45) is 0 Å². The fraction of sp³-hybridized carbons (Fsp3) is 0.118. The maximum Gasteiger partial charge on any atom is 0.416 e. The zero-order valence-corrected chi connectivity index (χ0v) is 12.0. The van der Waals surface area contributed by atoms with E-state index in [2.05, 4.69) is 0 Å². The van der Waals surface area contributed by atoms with Gasteiger partial charge in [0, 0.05) is 5.56 Å². The van der Waals surface area contributed by atoms with E-state index in [1.165, 1.54) is 12.1 Å². The van der Waals surface area contributed by atoms with Crippen LogP contribution in [0.25, 0.3) is 11.1 Å². The maximum absolute atomic E-state index is 12.6. The molecule has 1 atom stereocenters. The molecule has 24 heavy (non-hydrogen) atoms. The Balaban J connectivity index is 1.84. The lowest BCUT2D eigenvalue weighted by Gasteiger charge is -2.11. The molecule has 0 amide bonds. The molecule has 3 rings (SSSR count). The number of aliphatic hydroxyl groups excluding tert-OH is 2. The van der Waals surface area contributed by atoms with Gasteiger partial charge in [-0.3, -0.25) is 0 Å². The minimum atomic E-state index is -4.39. The molecule has 0 fully saturated rings. The highest BCUT2D eigenvalue weighted by Gasteiger charge is 2.35. The van der Waals surface area contributed by atoms with E-state index >= 15 is 0 Å². The molecule has 2 aromatic rings. The highest BCUT2D eigenvalue weighted by atomic mass is 19.4. The van der Waals surface area contributed by atoms with Crippen LogP contribution in [0.3, 0.4) is 0 Å². The first kappa shape index (κ1) is 15.9. The maximum atomic E-state index is 12.6. The molecule has 0 spiro atoms. The van der Waals surface area contributed by atoms with Crippen LogP contribution in [0.5, 0.6) is 0 Å². The number of cyclic esters (lactones) is 1. The fourth-order valence-electron chi connectivity index (χ4n) is 2.38. The molecule has 1 heterocycles. The molecule has 2 N–H and O–H groups in total. The topological polar surface area (TPSA) is 66.8 Å². The second kappa shape index (κ2) is 5.59. The van der Waals surface area contributed by atoms with E-state index in [1.54, 1.807) is 24.3 Å². The Hall–Kier alpha value is -2.96. The monoisotopic (exact) mass is 336 g/mol. The smallest absolute Gasteiger partial charge is 0.416 e. The van der Waals surface area contributed by atoms with Crippen LogP contribution in [0.1, 0.15) is 17.2 Å². The average Bonchev–Trinajstić information content (AvgIpc) is 2.82. The van der Waals surface area contributed by atoms with E-state index in [-0.39, 0.29) is 0 Å². The zero-order chi connectivity index (χ0) is 17.5. The van der Waals surface area contributed by atoms with E-state index in [9.17, 15) is 28.2 Å². The molecule has 7 heteroatoms. The number of halogens is 3. The largest absolute Gasteiger partial charge is 0.505 e. The molecule has 124 valence electrons. The van der Waals surface area contributed by atoms with Crippen molar-refractivity contribution in [3.8, 4) is 11.1 Å². The number of aliphatic hydroxyl groups is 2. The van der Waals surface area contributed by atoms with Crippen molar-refractivity contribution in [2.75, 3.05) is 0 Å². The van der Waals surface area contributed by atoms with Crippen LogP contribution < -0.4 is 0 Å². The summed E-state index contributed by atoms with van der Waals surface area (Å²) in [6.45, 7) is 0. The summed E-state index contributed by atoms with van der Waals surface area (Å²) in [6.07, 6.45) is -5.47. The molecule has 4 nitrogen and oxygen atoms in total. The third-order valence-electron chi connectivity index (χ3n) is 3.67. The number of alkyl halides is 3. The first-order chi connectivity index (χ1) is 11.3. The van der Waals surface area contributed by atoms with Crippen molar-refractivity contribution in [3.63, 3.8) is 0 Å². The first-order valence-corrected chi connectivity index (χ1v) is 6.88. The Morgan fingerprint density at radius 1 is 0.875 bits per heavy atom. The predicted octanol–water partition coefficient (Wildman–Crippen LogP) is 4.30. The Kier molecular flexibility index (Phi) is 3.71. The number of esters is 1. The lowest BCUT2D eigenvalue weighted by molar-refractivity contribution is -0.142. The summed E-state index contributed by atoms with van der Waals surface area (Å²) < 4.78 is 42.5. The molecule has 0 saturated heterocycles. The summed E-state index contributed by atoms with van der Waals surface area (Å²) in [5.74, 6) is -2.40. The van der Waals surface area contributed by atoms with Gasteiger partial charge in [-0.2, -0.15) is 13.2 Å². The molecule has 0 aromatic heterocycles. The number of hydrogen-bond donors (Lipinski definition) is 2. The molecular formula is C17H11F3O4. The van der Waals surface area contributed by atoms with Gasteiger partial charge in [-0.15, -0.1) is 0 Å². The predicted molar refractivity (Wildman–Crippen MR) is 78.0 cm³/mol. The normalized spacial score (nSPS) is 18.0. The standard InChI is InChI=1S/C17H11F3O4/c18-17(19,20)12-7-5-10(6-8-12)9-1-3-11(4-2-9)15-13(21)14(22)16(23)24-15/h1-8,15,21-22H. The zero-order valence-electron chi connectivity index (χ0n) is 12.0. The quantitative estimate of drug-likeness (QED) is 0.803. The molecule has 1 aliphatic rings. The molecule has 1 unspecified atom stereocenters. The van der Waals surface area contributed by atoms with Gasteiger partial charge in [0.2, 0.25) is 5.76 Å². The molecular weight excluding hydrogens is 325 g/mol. The Morgan fingerprint density at radius 2 is 1.38 bits per heavy atom. The molecule has 0 saturated carbocycles. The number of hydrogen-bond acceptors (Lipinski definition) is 4. The van der Waals surface area contributed by atoms with E-state index in [0.29, 0.717) is 16.7 Å². The van der Waals surface area contributed by atoms with Gasteiger partial charge in [0.05, 0.1) is 5.56 Å². The van der Waals surface area contributed by atoms with E-state index in [0.717, 1.165) is 12.1 Å². The minimum Gasteiger partial charge on any atom is -0.505 e. The third-order valence-corrected chi connectivity index (χ3v) is 3.67. The van der Waals surface area contributed by atoms with Gasteiger partial charge in [-0.05, 0) is 23.3 Å². The second-order valence-corrected chi connectivity index (χ2v) is 5.22. The van der Waals surface area contributed by atoms with Crippen molar-refractivity contribution in [1.29, 1.82) is 0 Å². The number of ether oxygens (including phenoxy) is 1. The van der Waals surface area contributed by atoms with Crippen LogP contribution in [0, 0.1) is 0 Å². The highest BCUT2D eigenvalue weighted by Crippen LogP contribution is 2.34. The Labute approximate surface area is 134 Å². The van der Waals surface area contributed by atoms with Gasteiger partial charge in [0.1, 0.15) is 0 Å². The van der Waals surface area contributed by atoms with Gasteiger partial charge >= 0.3 is 12.1 Å². The average molecular weight is 336 g/mol. The van der Waals surface area contributed by atoms with Crippen molar-refractivity contribution < 1.29 is 32.9 Å². The van der Waals surface area contributed by atoms with Gasteiger partial charge in [0.15, 0.2) is 11.9 Å². The van der Waals surface area contributed by atoms with Crippen LogP contribution in [-0.4, -0.2) is 16.2 Å². The molecule has 1 aliphatic heterocycles. The number of rotatable bonds is 2. The summed E-state index contributed by atoms with van der Waals surface area (Å²) >= 11 is 0. The van der Waals surface area contributed by atoms with E-state index < -0.39 is 35.3 Å². The second-order valence-electron chi connectivity index (χ2n) is 5.22. The van der Waals surface area contributed by atoms with Gasteiger partial charge in [-0.1, -0.05) is 36.4 Å². The van der Waals surface area contributed by atoms with Gasteiger partial charge in [0.25, 0.3) is 0 Å². The number of carbonyl (C=O) groups excluding carboxylic acids is 1. The molecule has 0 aliphatic carbocycles. The van der Waals surface area contributed by atoms with Crippen LogP contribution in [0.4, 0.5) is 13.2 Å². The fourth-order valence-corrected chi connectivity index (χ4v) is 2.38. The summed E-state index contributed by atoms with van der Waals surface area (Å²) in [5, 5.41) is 18.9. The van der Waals surface area contributed by atoms with Crippen LogP contribution in [-0.2, 0) is 15.7 Å². The molecule has 2 aromatic carbocycles. The van der Waals surface area contributed by atoms with E-state index in [4.69, 9.17) is 4.74 Å². The van der Waals surface area contributed by atoms with Crippen molar-refractivity contribution in [3.05, 3.63) is 71.2 Å². The Bertz CT molecular complexity index is 805. The number of carbonyl (C=O) groups is 1. The van der Waals surface area contributed by atoms with Crippen molar-refractivity contribution >= 4 is 5.97 Å². The third kappa shape index (κ3) is 2.80. The molecule has 0 radical (unpaired) electrons. The summed E-state index contributed by atoms with van der Waals surface area (Å²) in [7, 11) is 0. The SMILES string of the molecule is O=C1OC(c2ccc(-c3ccc(C(F)(F)F)cc3)cc2)C(O)=C1O.